The lowest BCUT2D eigenvalue weighted by molar-refractivity contribution is -0.404. The molecular weight excluding hydrogens is 985 g/mol. The first-order chi connectivity index (χ1) is 35.0. The molecule has 0 aromatic rings. The lowest BCUT2D eigenvalue weighted by Gasteiger charge is -2.60. The van der Waals surface area contributed by atoms with Gasteiger partial charge in [-0.2, -0.15) is 0 Å². The van der Waals surface area contributed by atoms with Crippen molar-refractivity contribution in [3.05, 3.63) is 11.6 Å². The maximum atomic E-state index is 12.8. The van der Waals surface area contributed by atoms with E-state index in [4.69, 9.17) is 47.4 Å². The number of allylic oxidation sites excluding steroid dienone is 1. The highest BCUT2D eigenvalue weighted by atomic mass is 16.8. The average molecular weight is 1070 g/mol. The van der Waals surface area contributed by atoms with Gasteiger partial charge in [-0.3, -0.25) is 0 Å². The molecule has 74 heavy (non-hydrogen) atoms. The summed E-state index contributed by atoms with van der Waals surface area (Å²) in [4.78, 5) is 0. The number of aliphatic hydroxyl groups excluding tert-OH is 13. The minimum atomic E-state index is -2.03. The van der Waals surface area contributed by atoms with E-state index in [1.165, 1.54) is 0 Å². The number of hydrogen-bond donors (Lipinski definition) is 14. The van der Waals surface area contributed by atoms with Crippen LogP contribution in [0.25, 0.3) is 0 Å². The minimum Gasteiger partial charge on any atom is -0.394 e. The number of rotatable bonds is 11. The summed E-state index contributed by atoms with van der Waals surface area (Å²) in [6.07, 6.45) is -28.8. The van der Waals surface area contributed by atoms with Gasteiger partial charge < -0.3 is 119 Å². The summed E-state index contributed by atoms with van der Waals surface area (Å²) >= 11 is 0. The fourth-order valence-corrected chi connectivity index (χ4v) is 15.3. The molecular formula is C50H80O24. The van der Waals surface area contributed by atoms with Gasteiger partial charge in [0.15, 0.2) is 30.9 Å². The molecule has 0 unspecified atom stereocenters. The zero-order valence-electron chi connectivity index (χ0n) is 42.2. The molecule has 10 rings (SSSR count). The standard InChI is InChI=1S/C50H80O24/c1-19-7-10-49(66-17-19)20(2)50(64)31(74-49)12-24-22-6-5-21-11-27(25(54)13-47(21,3)23(22)8-9-48(24,50)4)67-44-39(63)36(60)40(30(16-53)70-44)71-46-42(73-45-38(62)35(59)33(57)28(14-51)68-45)41(34(58)29(15-52)69-46)72-43-37(61)32(56)26(55)18-65-43/h5,19-20,22-46,51-64H,6-18H2,1-4H3/t19-,20-,22+,23-,24-,25-,26-,27-,28-,29-,30-,31-,32+,33-,34-,35+,36-,37-,38-,39-,40-,41+,42-,43+,44-,45+,46+,47+,48+,49+,50+/m0/s1. The maximum absolute atomic E-state index is 12.8. The van der Waals surface area contributed by atoms with Crippen molar-refractivity contribution >= 4 is 0 Å². The first-order valence-corrected chi connectivity index (χ1v) is 26.6. The third kappa shape index (κ3) is 8.99. The van der Waals surface area contributed by atoms with Crippen molar-refractivity contribution in [1.29, 1.82) is 0 Å². The Bertz CT molecular complexity index is 1980. The number of hydrogen-bond acceptors (Lipinski definition) is 24. The third-order valence-corrected chi connectivity index (χ3v) is 19.7. The summed E-state index contributed by atoms with van der Waals surface area (Å²) in [5.74, 6) is 0.0358. The van der Waals surface area contributed by atoms with Crippen LogP contribution in [0.1, 0.15) is 79.1 Å². The van der Waals surface area contributed by atoms with Crippen LogP contribution in [0.15, 0.2) is 11.6 Å². The third-order valence-electron chi connectivity index (χ3n) is 19.7. The lowest BCUT2D eigenvalue weighted by Crippen LogP contribution is -2.68. The Kier molecular flexibility index (Phi) is 15.9. The molecule has 6 heterocycles. The largest absolute Gasteiger partial charge is 0.394 e. The van der Waals surface area contributed by atoms with Crippen LogP contribution in [-0.4, -0.2) is 251 Å². The molecule has 9 fully saturated rings. The zero-order valence-corrected chi connectivity index (χ0v) is 42.2. The Morgan fingerprint density at radius 1 is 0.608 bits per heavy atom. The Labute approximate surface area is 428 Å². The van der Waals surface area contributed by atoms with Crippen molar-refractivity contribution in [1.82, 2.24) is 0 Å². The molecule has 6 saturated heterocycles. The molecule has 14 N–H and O–H groups in total. The Morgan fingerprint density at radius 2 is 1.23 bits per heavy atom. The first kappa shape index (κ1) is 56.1. The Hall–Kier alpha value is -1.22. The quantitative estimate of drug-likeness (QED) is 0.0871. The van der Waals surface area contributed by atoms with Gasteiger partial charge in [0.05, 0.1) is 51.3 Å². The highest BCUT2D eigenvalue weighted by Crippen LogP contribution is 2.72. The van der Waals surface area contributed by atoms with Gasteiger partial charge in [0, 0.05) is 17.8 Å². The van der Waals surface area contributed by atoms with Gasteiger partial charge in [0.25, 0.3) is 0 Å². The van der Waals surface area contributed by atoms with Crippen molar-refractivity contribution in [2.75, 3.05) is 33.0 Å². The lowest BCUT2D eigenvalue weighted by atomic mass is 9.46. The molecule has 24 heteroatoms. The monoisotopic (exact) mass is 1060 g/mol. The molecule has 3 saturated carbocycles. The molecule has 6 aliphatic heterocycles. The van der Waals surface area contributed by atoms with Crippen LogP contribution in [-0.2, 0) is 47.4 Å². The Morgan fingerprint density at radius 3 is 1.92 bits per heavy atom. The summed E-state index contributed by atoms with van der Waals surface area (Å²) in [5.41, 5.74) is -0.795. The van der Waals surface area contributed by atoms with E-state index in [9.17, 15) is 71.5 Å². The normalized spacial score (nSPS) is 57.5. The van der Waals surface area contributed by atoms with Gasteiger partial charge in [-0.1, -0.05) is 39.3 Å². The molecule has 0 radical (unpaired) electrons. The van der Waals surface area contributed by atoms with Crippen molar-refractivity contribution in [3.8, 4) is 0 Å². The molecule has 424 valence electrons. The fraction of sp³-hybridized carbons (Fsp3) is 0.960. The second-order valence-electron chi connectivity index (χ2n) is 23.7. The SMILES string of the molecule is C[C@H]1CC[C@@]2(OC1)O[C@H]1C[C@H]3[C@@H]4CC=C5C[C@H](O[C@H]6O[C@@H](CO)[C@H](O[C@H]7O[C@@H](CO)[C@H](O)[C@@H](O[C@H]8OC[C@H](O)[C@@H](O)[C@@H]8O)[C@@H]7O[C@H]7O[C@@H](CO)[C@H](O)[C@@H](O)[C@@H]7O)[C@@H](O)[C@@H]6O)[C@@H](O)C[C@@]5(C)[C@H]4CC[C@@]3(C)[C@@]1(O)[C@H]2C. The van der Waals surface area contributed by atoms with Crippen LogP contribution >= 0.6 is 0 Å². The second kappa shape index (κ2) is 21.0. The minimum absolute atomic E-state index is 0.173. The average Bonchev–Trinajstić information content (AvgIpc) is 3.73. The topological polar surface area (TPSA) is 376 Å². The number of ether oxygens (including phenoxy) is 10. The zero-order chi connectivity index (χ0) is 53.1. The van der Waals surface area contributed by atoms with Gasteiger partial charge in [-0.05, 0) is 74.0 Å². The van der Waals surface area contributed by atoms with E-state index in [1.54, 1.807) is 0 Å². The van der Waals surface area contributed by atoms with Gasteiger partial charge in [-0.25, -0.2) is 0 Å². The van der Waals surface area contributed by atoms with E-state index in [-0.39, 0.29) is 36.2 Å². The van der Waals surface area contributed by atoms with Crippen molar-refractivity contribution in [2.24, 2.45) is 40.4 Å². The molecule has 24 nitrogen and oxygen atoms in total. The molecule has 1 spiro atoms. The molecule has 4 aliphatic carbocycles. The number of aliphatic hydroxyl groups is 14. The molecule has 0 bridgehead atoms. The van der Waals surface area contributed by atoms with E-state index >= 15 is 0 Å². The molecule has 0 aromatic carbocycles. The summed E-state index contributed by atoms with van der Waals surface area (Å²) in [7, 11) is 0. The second-order valence-corrected chi connectivity index (χ2v) is 23.7. The molecule has 10 aliphatic rings. The number of fused-ring (bicyclic) bond motifs is 7. The summed E-state index contributed by atoms with van der Waals surface area (Å²) in [5, 5.41) is 154. The van der Waals surface area contributed by atoms with E-state index in [1.807, 2.05) is 0 Å². The fourth-order valence-electron chi connectivity index (χ4n) is 15.3. The molecule has 0 aromatic heterocycles. The predicted octanol–water partition coefficient (Wildman–Crippen LogP) is -4.26. The van der Waals surface area contributed by atoms with E-state index in [0.717, 1.165) is 44.1 Å². The van der Waals surface area contributed by atoms with Crippen LogP contribution in [0.2, 0.25) is 0 Å². The van der Waals surface area contributed by atoms with E-state index < -0.39 is 178 Å². The van der Waals surface area contributed by atoms with Gasteiger partial charge in [-0.15, -0.1) is 0 Å². The van der Waals surface area contributed by atoms with Crippen molar-refractivity contribution < 1.29 is 119 Å². The first-order valence-electron chi connectivity index (χ1n) is 26.6. The smallest absolute Gasteiger partial charge is 0.187 e. The predicted molar refractivity (Wildman–Crippen MR) is 245 cm³/mol. The van der Waals surface area contributed by atoms with Crippen LogP contribution in [0.3, 0.4) is 0 Å². The van der Waals surface area contributed by atoms with Gasteiger partial charge in [0.2, 0.25) is 0 Å². The van der Waals surface area contributed by atoms with Crippen molar-refractivity contribution in [2.45, 2.75) is 225 Å². The van der Waals surface area contributed by atoms with Crippen LogP contribution < -0.4 is 0 Å². The Balaban J connectivity index is 0.842. The van der Waals surface area contributed by atoms with Crippen LogP contribution in [0.5, 0.6) is 0 Å². The maximum Gasteiger partial charge on any atom is 0.187 e. The summed E-state index contributed by atoms with van der Waals surface area (Å²) in [6, 6.07) is 0. The highest BCUT2D eigenvalue weighted by Gasteiger charge is 2.76. The summed E-state index contributed by atoms with van der Waals surface area (Å²) in [6.45, 7) is 6.12. The molecule has 31 atom stereocenters. The van der Waals surface area contributed by atoms with Crippen LogP contribution in [0, 0.1) is 40.4 Å². The van der Waals surface area contributed by atoms with E-state index in [2.05, 4.69) is 33.8 Å². The molecule has 0 amide bonds. The summed E-state index contributed by atoms with van der Waals surface area (Å²) < 4.78 is 60.7. The van der Waals surface area contributed by atoms with E-state index in [0.29, 0.717) is 18.9 Å². The highest BCUT2D eigenvalue weighted by molar-refractivity contribution is 5.29. The van der Waals surface area contributed by atoms with Gasteiger partial charge >= 0.3 is 0 Å². The van der Waals surface area contributed by atoms with Crippen LogP contribution in [0.4, 0.5) is 0 Å². The van der Waals surface area contributed by atoms with Gasteiger partial charge in [0.1, 0.15) is 97.2 Å². The van der Waals surface area contributed by atoms with Crippen molar-refractivity contribution in [3.63, 3.8) is 0 Å².